The summed E-state index contributed by atoms with van der Waals surface area (Å²) in [5.74, 6) is -0.195. The van der Waals surface area contributed by atoms with Gasteiger partial charge in [-0.3, -0.25) is 0 Å². The predicted octanol–water partition coefficient (Wildman–Crippen LogP) is 3.05. The molecule has 1 aromatic carbocycles. The molecule has 0 aromatic heterocycles. The molecule has 0 radical (unpaired) electrons. The highest BCUT2D eigenvalue weighted by Crippen LogP contribution is 2.13. The van der Waals surface area contributed by atoms with Crippen LogP contribution in [0.25, 0.3) is 0 Å². The van der Waals surface area contributed by atoms with Crippen molar-refractivity contribution in [3.63, 3.8) is 0 Å². The Balaban J connectivity index is 2.61. The first-order chi connectivity index (χ1) is 9.42. The number of ether oxygens (including phenoxy) is 1. The van der Waals surface area contributed by atoms with Crippen LogP contribution in [0.5, 0.6) is 0 Å². The second-order valence-electron chi connectivity index (χ2n) is 4.81. The van der Waals surface area contributed by atoms with Gasteiger partial charge in [-0.1, -0.05) is 25.4 Å². The molecule has 0 fully saturated rings. The van der Waals surface area contributed by atoms with Crippen LogP contribution in [0.4, 0.5) is 10.5 Å². The fourth-order valence-electron chi connectivity index (χ4n) is 1.69. The molecule has 1 atom stereocenters. The van der Waals surface area contributed by atoms with E-state index in [2.05, 4.69) is 15.4 Å². The molecule has 1 rings (SSSR count). The normalized spacial score (nSPS) is 11.8. The first-order valence-corrected chi connectivity index (χ1v) is 6.71. The summed E-state index contributed by atoms with van der Waals surface area (Å²) in [6.45, 7) is 3.93. The molecule has 0 bridgehead atoms. The number of amides is 2. The van der Waals surface area contributed by atoms with Crippen LogP contribution in [-0.2, 0) is 9.53 Å². The number of benzene rings is 1. The molecule has 0 saturated carbocycles. The van der Waals surface area contributed by atoms with Crippen molar-refractivity contribution in [2.24, 2.45) is 5.92 Å². The van der Waals surface area contributed by atoms with E-state index in [1.54, 1.807) is 24.3 Å². The third kappa shape index (κ3) is 5.48. The smallest absolute Gasteiger partial charge is 0.328 e. The molecule has 0 saturated heterocycles. The molecular formula is C14H19ClN2O3. The highest BCUT2D eigenvalue weighted by molar-refractivity contribution is 6.30. The lowest BCUT2D eigenvalue weighted by molar-refractivity contribution is -0.143. The standard InChI is InChI=1S/C14H19ClN2O3/c1-9(2)8-12(13(18)20-3)17-14(19)16-11-6-4-10(15)5-7-11/h4-7,9,12H,8H2,1-3H3,(H2,16,17,19)/t12-/m0/s1. The minimum absolute atomic E-state index is 0.259. The zero-order valence-corrected chi connectivity index (χ0v) is 12.5. The minimum atomic E-state index is -0.660. The van der Waals surface area contributed by atoms with Crippen LogP contribution in [-0.4, -0.2) is 25.2 Å². The Labute approximate surface area is 123 Å². The van der Waals surface area contributed by atoms with E-state index in [0.29, 0.717) is 17.1 Å². The van der Waals surface area contributed by atoms with Gasteiger partial charge in [0.05, 0.1) is 7.11 Å². The molecule has 2 amide bonds. The summed E-state index contributed by atoms with van der Waals surface area (Å²) in [6, 6.07) is 5.58. The van der Waals surface area contributed by atoms with Gasteiger partial charge in [0.25, 0.3) is 0 Å². The molecule has 0 spiro atoms. The summed E-state index contributed by atoms with van der Waals surface area (Å²) >= 11 is 5.76. The van der Waals surface area contributed by atoms with Crippen molar-refractivity contribution < 1.29 is 14.3 Å². The molecule has 2 N–H and O–H groups in total. The lowest BCUT2D eigenvalue weighted by atomic mass is 10.0. The lowest BCUT2D eigenvalue weighted by Gasteiger charge is -2.18. The van der Waals surface area contributed by atoms with E-state index < -0.39 is 18.0 Å². The first kappa shape index (κ1) is 16.3. The third-order valence-electron chi connectivity index (χ3n) is 2.60. The van der Waals surface area contributed by atoms with E-state index in [4.69, 9.17) is 11.6 Å². The monoisotopic (exact) mass is 298 g/mol. The van der Waals surface area contributed by atoms with E-state index in [1.165, 1.54) is 7.11 Å². The number of urea groups is 1. The van der Waals surface area contributed by atoms with Crippen molar-refractivity contribution in [3.8, 4) is 0 Å². The summed E-state index contributed by atoms with van der Waals surface area (Å²) in [4.78, 5) is 23.4. The number of anilines is 1. The largest absolute Gasteiger partial charge is 0.467 e. The molecule has 20 heavy (non-hydrogen) atoms. The molecule has 0 aliphatic carbocycles. The van der Waals surface area contributed by atoms with Crippen LogP contribution < -0.4 is 10.6 Å². The van der Waals surface area contributed by atoms with Crippen molar-refractivity contribution in [2.75, 3.05) is 12.4 Å². The van der Waals surface area contributed by atoms with Crippen LogP contribution in [0.3, 0.4) is 0 Å². The van der Waals surface area contributed by atoms with Gasteiger partial charge >= 0.3 is 12.0 Å². The highest BCUT2D eigenvalue weighted by atomic mass is 35.5. The van der Waals surface area contributed by atoms with Gasteiger partial charge in [0.2, 0.25) is 0 Å². The van der Waals surface area contributed by atoms with Crippen LogP contribution in [0, 0.1) is 5.92 Å². The van der Waals surface area contributed by atoms with Gasteiger partial charge < -0.3 is 15.4 Å². The maximum atomic E-state index is 11.8. The number of methoxy groups -OCH3 is 1. The van der Waals surface area contributed by atoms with Crippen LogP contribution in [0.2, 0.25) is 5.02 Å². The SMILES string of the molecule is COC(=O)[C@H](CC(C)C)NC(=O)Nc1ccc(Cl)cc1. The minimum Gasteiger partial charge on any atom is -0.467 e. The highest BCUT2D eigenvalue weighted by Gasteiger charge is 2.22. The summed E-state index contributed by atoms with van der Waals surface area (Å²) in [7, 11) is 1.30. The van der Waals surface area contributed by atoms with Crippen LogP contribution in [0.1, 0.15) is 20.3 Å². The van der Waals surface area contributed by atoms with E-state index in [1.807, 2.05) is 13.8 Å². The number of halogens is 1. The lowest BCUT2D eigenvalue weighted by Crippen LogP contribution is -2.44. The van der Waals surface area contributed by atoms with Gasteiger partial charge in [-0.25, -0.2) is 9.59 Å². The summed E-state index contributed by atoms with van der Waals surface area (Å²) < 4.78 is 4.68. The molecule has 0 heterocycles. The van der Waals surface area contributed by atoms with Crippen LogP contribution >= 0.6 is 11.6 Å². The van der Waals surface area contributed by atoms with Gasteiger partial charge in [0, 0.05) is 10.7 Å². The quantitative estimate of drug-likeness (QED) is 0.821. The second kappa shape index (κ2) is 7.75. The second-order valence-corrected chi connectivity index (χ2v) is 5.25. The molecule has 1 aromatic rings. The summed E-state index contributed by atoms with van der Waals surface area (Å²) in [5, 5.41) is 5.83. The molecule has 5 nitrogen and oxygen atoms in total. The van der Waals surface area contributed by atoms with Crippen LogP contribution in [0.15, 0.2) is 24.3 Å². The number of carbonyl (C=O) groups excluding carboxylic acids is 2. The van der Waals surface area contributed by atoms with Gasteiger partial charge in [0.1, 0.15) is 6.04 Å². The average molecular weight is 299 g/mol. The Bertz CT molecular complexity index is 460. The van der Waals surface area contributed by atoms with E-state index in [9.17, 15) is 9.59 Å². The van der Waals surface area contributed by atoms with Crippen molar-refractivity contribution in [3.05, 3.63) is 29.3 Å². The average Bonchev–Trinajstić information content (AvgIpc) is 2.39. The molecular weight excluding hydrogens is 280 g/mol. The van der Waals surface area contributed by atoms with Gasteiger partial charge in [-0.05, 0) is 36.6 Å². The molecule has 0 unspecified atom stereocenters. The number of hydrogen-bond acceptors (Lipinski definition) is 3. The van der Waals surface area contributed by atoms with E-state index in [0.717, 1.165) is 0 Å². The Morgan fingerprint density at radius 2 is 1.85 bits per heavy atom. The maximum absolute atomic E-state index is 11.8. The molecule has 0 aliphatic heterocycles. The molecule has 6 heteroatoms. The van der Waals surface area contributed by atoms with Gasteiger partial charge in [-0.2, -0.15) is 0 Å². The number of hydrogen-bond donors (Lipinski definition) is 2. The Hall–Kier alpha value is -1.75. The number of carbonyl (C=O) groups is 2. The summed E-state index contributed by atoms with van der Waals surface area (Å²) in [6.07, 6.45) is 0.515. The topological polar surface area (TPSA) is 67.4 Å². The van der Waals surface area contributed by atoms with Crippen molar-refractivity contribution in [2.45, 2.75) is 26.3 Å². The fraction of sp³-hybridized carbons (Fsp3) is 0.429. The molecule has 0 aliphatic rings. The van der Waals surface area contributed by atoms with Crippen molar-refractivity contribution >= 4 is 29.3 Å². The van der Waals surface area contributed by atoms with Crippen molar-refractivity contribution in [1.29, 1.82) is 0 Å². The Kier molecular flexibility index (Phi) is 6.31. The Morgan fingerprint density at radius 3 is 2.35 bits per heavy atom. The van der Waals surface area contributed by atoms with Crippen molar-refractivity contribution in [1.82, 2.24) is 5.32 Å². The Morgan fingerprint density at radius 1 is 1.25 bits per heavy atom. The van der Waals surface area contributed by atoms with Gasteiger partial charge in [-0.15, -0.1) is 0 Å². The fourth-order valence-corrected chi connectivity index (χ4v) is 1.81. The zero-order chi connectivity index (χ0) is 15.1. The van der Waals surface area contributed by atoms with E-state index in [-0.39, 0.29) is 5.92 Å². The van der Waals surface area contributed by atoms with E-state index >= 15 is 0 Å². The number of rotatable bonds is 5. The first-order valence-electron chi connectivity index (χ1n) is 6.33. The zero-order valence-electron chi connectivity index (χ0n) is 11.8. The third-order valence-corrected chi connectivity index (χ3v) is 2.85. The van der Waals surface area contributed by atoms with Gasteiger partial charge in [0.15, 0.2) is 0 Å². The number of esters is 1. The molecule has 110 valence electrons. The predicted molar refractivity (Wildman–Crippen MR) is 78.9 cm³/mol. The summed E-state index contributed by atoms with van der Waals surface area (Å²) in [5.41, 5.74) is 0.597. The number of nitrogens with one attached hydrogen (secondary N) is 2. The maximum Gasteiger partial charge on any atom is 0.328 e.